The molecule has 0 aliphatic carbocycles. The number of carbonyl (C=O) groups excluding carboxylic acids is 1. The van der Waals surface area contributed by atoms with Crippen LogP contribution in [-0.2, 0) is 5.41 Å². The maximum atomic E-state index is 12.7. The molecule has 7 heteroatoms. The monoisotopic (exact) mass is 427 g/mol. The number of amides is 1. The number of aryl methyl sites for hydroxylation is 1. The molecule has 0 atom stereocenters. The van der Waals surface area contributed by atoms with Crippen molar-refractivity contribution in [2.24, 2.45) is 0 Å². The van der Waals surface area contributed by atoms with Crippen molar-refractivity contribution in [2.75, 3.05) is 10.6 Å². The van der Waals surface area contributed by atoms with Gasteiger partial charge in [0.25, 0.3) is 5.91 Å². The Kier molecular flexibility index (Phi) is 5.73. The topological polar surface area (TPSA) is 92.9 Å². The van der Waals surface area contributed by atoms with Crippen molar-refractivity contribution >= 4 is 23.2 Å². The van der Waals surface area contributed by atoms with Crippen molar-refractivity contribution in [1.82, 2.24) is 15.0 Å². The van der Waals surface area contributed by atoms with Crippen LogP contribution in [0.2, 0.25) is 0 Å². The first kappa shape index (κ1) is 21.2. The number of nitrogens with one attached hydrogen (secondary N) is 2. The van der Waals surface area contributed by atoms with Gasteiger partial charge in [-0.05, 0) is 55.0 Å². The van der Waals surface area contributed by atoms with E-state index in [1.807, 2.05) is 70.2 Å². The van der Waals surface area contributed by atoms with Crippen molar-refractivity contribution in [3.05, 3.63) is 84.2 Å². The summed E-state index contributed by atoms with van der Waals surface area (Å²) in [5, 5.41) is 6.13. The number of furan rings is 1. The third kappa shape index (κ3) is 4.83. The van der Waals surface area contributed by atoms with Crippen LogP contribution in [0.4, 0.5) is 17.3 Å². The van der Waals surface area contributed by atoms with Gasteiger partial charge in [0.2, 0.25) is 5.95 Å². The average Bonchev–Trinajstić information content (AvgIpc) is 3.28. The zero-order valence-electron chi connectivity index (χ0n) is 18.5. The van der Waals surface area contributed by atoms with Crippen LogP contribution in [0.15, 0.2) is 71.5 Å². The number of hydrogen-bond acceptors (Lipinski definition) is 6. The molecule has 1 amide bonds. The predicted octanol–water partition coefficient (Wildman–Crippen LogP) is 5.73. The van der Waals surface area contributed by atoms with Crippen LogP contribution < -0.4 is 10.6 Å². The molecule has 32 heavy (non-hydrogen) atoms. The molecule has 0 fully saturated rings. The van der Waals surface area contributed by atoms with Gasteiger partial charge in [0.05, 0.1) is 5.69 Å². The number of nitrogens with zero attached hydrogens (tertiary/aromatic N) is 3. The van der Waals surface area contributed by atoms with E-state index in [2.05, 4.69) is 25.6 Å². The second-order valence-corrected chi connectivity index (χ2v) is 8.53. The Morgan fingerprint density at radius 1 is 1.03 bits per heavy atom. The highest BCUT2D eigenvalue weighted by Crippen LogP contribution is 2.26. The molecule has 7 nitrogen and oxygen atoms in total. The molecule has 0 unspecified atom stereocenters. The summed E-state index contributed by atoms with van der Waals surface area (Å²) in [6.07, 6.45) is 5.18. The van der Waals surface area contributed by atoms with E-state index in [9.17, 15) is 4.79 Å². The van der Waals surface area contributed by atoms with E-state index in [-0.39, 0.29) is 17.1 Å². The first-order valence-electron chi connectivity index (χ1n) is 10.3. The van der Waals surface area contributed by atoms with E-state index >= 15 is 0 Å². The lowest BCUT2D eigenvalue weighted by molar-refractivity contribution is 0.0993. The van der Waals surface area contributed by atoms with Gasteiger partial charge < -0.3 is 15.1 Å². The predicted molar refractivity (Wildman–Crippen MR) is 125 cm³/mol. The van der Waals surface area contributed by atoms with Gasteiger partial charge in [-0.2, -0.15) is 0 Å². The third-order valence-electron chi connectivity index (χ3n) is 4.92. The van der Waals surface area contributed by atoms with E-state index < -0.39 is 0 Å². The fourth-order valence-corrected chi connectivity index (χ4v) is 3.10. The summed E-state index contributed by atoms with van der Waals surface area (Å²) in [6.45, 7) is 8.09. The van der Waals surface area contributed by atoms with Crippen molar-refractivity contribution < 1.29 is 9.21 Å². The average molecular weight is 428 g/mol. The first-order valence-corrected chi connectivity index (χ1v) is 10.3. The second kappa shape index (κ2) is 8.63. The lowest BCUT2D eigenvalue weighted by atomic mass is 9.94. The Hall–Kier alpha value is -4.00. The molecule has 0 aliphatic rings. The Balaban J connectivity index is 1.52. The summed E-state index contributed by atoms with van der Waals surface area (Å²) in [7, 11) is 0. The van der Waals surface area contributed by atoms with Gasteiger partial charge in [-0.15, -0.1) is 0 Å². The Labute approximate surface area is 187 Å². The molecule has 0 bridgehead atoms. The highest BCUT2D eigenvalue weighted by atomic mass is 16.4. The number of pyridine rings is 1. The molecule has 162 valence electrons. The Bertz CT molecular complexity index is 1240. The summed E-state index contributed by atoms with van der Waals surface area (Å²) in [6, 6.07) is 14.8. The van der Waals surface area contributed by atoms with Gasteiger partial charge >= 0.3 is 0 Å². The van der Waals surface area contributed by atoms with E-state index in [4.69, 9.17) is 4.42 Å². The molecular formula is C25H25N5O2. The maximum Gasteiger partial charge on any atom is 0.291 e. The highest BCUT2D eigenvalue weighted by molar-refractivity contribution is 6.02. The SMILES string of the molecule is Cc1ccc(NC(=O)c2ccc(C(C)(C)C)o2)cc1Nc1nccc(-c2cccnc2)n1. The largest absolute Gasteiger partial charge is 0.455 e. The van der Waals surface area contributed by atoms with Crippen LogP contribution >= 0.6 is 0 Å². The van der Waals surface area contributed by atoms with Gasteiger partial charge in [-0.3, -0.25) is 9.78 Å². The van der Waals surface area contributed by atoms with Gasteiger partial charge in [0, 0.05) is 40.9 Å². The van der Waals surface area contributed by atoms with Gasteiger partial charge in [-0.25, -0.2) is 9.97 Å². The molecule has 4 aromatic rings. The number of hydrogen-bond donors (Lipinski definition) is 2. The molecule has 4 rings (SSSR count). The normalized spacial score (nSPS) is 11.2. The number of carbonyl (C=O) groups is 1. The highest BCUT2D eigenvalue weighted by Gasteiger charge is 2.20. The van der Waals surface area contributed by atoms with Crippen molar-refractivity contribution in [3.8, 4) is 11.3 Å². The lowest BCUT2D eigenvalue weighted by Crippen LogP contribution is -2.12. The van der Waals surface area contributed by atoms with E-state index in [1.165, 1.54) is 0 Å². The first-order chi connectivity index (χ1) is 15.3. The summed E-state index contributed by atoms with van der Waals surface area (Å²) in [4.78, 5) is 25.7. The van der Waals surface area contributed by atoms with E-state index in [0.717, 1.165) is 28.3 Å². The zero-order chi connectivity index (χ0) is 22.7. The molecule has 3 heterocycles. The van der Waals surface area contributed by atoms with Crippen LogP contribution in [0, 0.1) is 6.92 Å². The second-order valence-electron chi connectivity index (χ2n) is 8.53. The number of benzene rings is 1. The van der Waals surface area contributed by atoms with Gasteiger partial charge in [-0.1, -0.05) is 26.8 Å². The zero-order valence-corrected chi connectivity index (χ0v) is 18.5. The van der Waals surface area contributed by atoms with Gasteiger partial charge in [0.1, 0.15) is 5.76 Å². The number of aromatic nitrogens is 3. The molecule has 1 aromatic carbocycles. The summed E-state index contributed by atoms with van der Waals surface area (Å²) >= 11 is 0. The maximum absolute atomic E-state index is 12.7. The smallest absolute Gasteiger partial charge is 0.291 e. The quantitative estimate of drug-likeness (QED) is 0.422. The summed E-state index contributed by atoms with van der Waals surface area (Å²) in [5.74, 6) is 1.20. The Morgan fingerprint density at radius 2 is 1.88 bits per heavy atom. The fraction of sp³-hybridized carbons (Fsp3) is 0.200. The van der Waals surface area contributed by atoms with Crippen LogP contribution in [0.25, 0.3) is 11.3 Å². The van der Waals surface area contributed by atoms with Crippen LogP contribution in [-0.4, -0.2) is 20.9 Å². The molecule has 0 aliphatic heterocycles. The standard InChI is InChI=1S/C25H25N5O2/c1-16-7-8-18(28-23(31)21-9-10-22(32-21)25(2,3)4)14-20(16)30-24-27-13-11-19(29-24)17-6-5-12-26-15-17/h5-15H,1-4H3,(H,28,31)(H,27,29,30). The molecule has 0 radical (unpaired) electrons. The minimum absolute atomic E-state index is 0.163. The molecule has 2 N–H and O–H groups in total. The van der Waals surface area contributed by atoms with Crippen LogP contribution in [0.3, 0.4) is 0 Å². The molecule has 0 saturated heterocycles. The number of rotatable bonds is 5. The fourth-order valence-electron chi connectivity index (χ4n) is 3.10. The summed E-state index contributed by atoms with van der Waals surface area (Å²) < 4.78 is 5.73. The lowest BCUT2D eigenvalue weighted by Gasteiger charge is -2.14. The van der Waals surface area contributed by atoms with E-state index in [1.54, 1.807) is 24.7 Å². The van der Waals surface area contributed by atoms with Crippen molar-refractivity contribution in [3.63, 3.8) is 0 Å². The van der Waals surface area contributed by atoms with Crippen molar-refractivity contribution in [2.45, 2.75) is 33.1 Å². The Morgan fingerprint density at radius 3 is 2.59 bits per heavy atom. The van der Waals surface area contributed by atoms with Crippen LogP contribution in [0.5, 0.6) is 0 Å². The molecule has 3 aromatic heterocycles. The third-order valence-corrected chi connectivity index (χ3v) is 4.92. The molecule has 0 saturated carbocycles. The van der Waals surface area contributed by atoms with E-state index in [0.29, 0.717) is 11.6 Å². The number of anilines is 3. The summed E-state index contributed by atoms with van der Waals surface area (Å²) in [5.41, 5.74) is 3.94. The van der Waals surface area contributed by atoms with Crippen LogP contribution in [0.1, 0.15) is 42.6 Å². The van der Waals surface area contributed by atoms with Gasteiger partial charge in [0.15, 0.2) is 5.76 Å². The minimum atomic E-state index is -0.301. The minimum Gasteiger partial charge on any atom is -0.455 e. The molecular weight excluding hydrogens is 402 g/mol. The molecule has 0 spiro atoms. The van der Waals surface area contributed by atoms with Crippen molar-refractivity contribution in [1.29, 1.82) is 0 Å².